The third kappa shape index (κ3) is 4.44. The Labute approximate surface area is 127 Å². The van der Waals surface area contributed by atoms with Crippen LogP contribution in [-0.2, 0) is 12.5 Å². The second-order valence-electron chi connectivity index (χ2n) is 5.83. The molecule has 0 aliphatic carbocycles. The van der Waals surface area contributed by atoms with Crippen molar-refractivity contribution in [2.45, 2.75) is 33.1 Å². The first-order chi connectivity index (χ1) is 10.0. The normalized spacial score (nSPS) is 10.8. The Morgan fingerprint density at radius 3 is 2.00 bits per heavy atom. The molecule has 2 heterocycles. The van der Waals surface area contributed by atoms with Crippen molar-refractivity contribution in [1.29, 1.82) is 0 Å². The number of aryl methyl sites for hydroxylation is 2. The van der Waals surface area contributed by atoms with Crippen molar-refractivity contribution in [3.8, 4) is 0 Å². The number of carboxylic acid groups (broad SMARTS) is 2. The van der Waals surface area contributed by atoms with Gasteiger partial charge in [0.2, 0.25) is 0 Å². The molecule has 0 saturated heterocycles. The van der Waals surface area contributed by atoms with Crippen LogP contribution in [0.2, 0.25) is 0 Å². The SMILES string of the molecule is Cc1cc(C(=O)O)n[nH]1.Cn1nc(C(C)(C)C)cc1C(=O)O. The van der Waals surface area contributed by atoms with E-state index in [1.54, 1.807) is 20.0 Å². The molecule has 3 N–H and O–H groups in total. The molecule has 2 aromatic rings. The van der Waals surface area contributed by atoms with Crippen LogP contribution >= 0.6 is 0 Å². The molecule has 8 heteroatoms. The molecule has 0 bridgehead atoms. The largest absolute Gasteiger partial charge is 0.477 e. The van der Waals surface area contributed by atoms with Crippen LogP contribution in [0.3, 0.4) is 0 Å². The molecule has 0 aromatic carbocycles. The highest BCUT2D eigenvalue weighted by Gasteiger charge is 2.20. The van der Waals surface area contributed by atoms with E-state index >= 15 is 0 Å². The molecule has 0 fully saturated rings. The van der Waals surface area contributed by atoms with Gasteiger partial charge < -0.3 is 10.2 Å². The number of carbonyl (C=O) groups is 2. The van der Waals surface area contributed by atoms with Crippen LogP contribution in [-0.4, -0.2) is 42.1 Å². The Morgan fingerprint density at radius 2 is 1.77 bits per heavy atom. The summed E-state index contributed by atoms with van der Waals surface area (Å²) < 4.78 is 1.39. The minimum absolute atomic E-state index is 0.0625. The molecule has 8 nitrogen and oxygen atoms in total. The number of aromatic amines is 1. The van der Waals surface area contributed by atoms with E-state index in [0.717, 1.165) is 11.4 Å². The maximum absolute atomic E-state index is 10.7. The fraction of sp³-hybridized carbons (Fsp3) is 0.429. The van der Waals surface area contributed by atoms with Crippen molar-refractivity contribution >= 4 is 11.9 Å². The molecule has 0 amide bonds. The molecule has 0 radical (unpaired) electrons. The van der Waals surface area contributed by atoms with Gasteiger partial charge in [0.1, 0.15) is 5.69 Å². The van der Waals surface area contributed by atoms with Crippen LogP contribution in [0.1, 0.15) is 53.1 Å². The fourth-order valence-electron chi connectivity index (χ4n) is 1.56. The molecule has 0 unspecified atom stereocenters. The smallest absolute Gasteiger partial charge is 0.356 e. The van der Waals surface area contributed by atoms with Crippen molar-refractivity contribution in [3.63, 3.8) is 0 Å². The second-order valence-corrected chi connectivity index (χ2v) is 5.83. The number of hydrogen-bond acceptors (Lipinski definition) is 4. The lowest BCUT2D eigenvalue weighted by Crippen LogP contribution is -2.12. The molecule has 0 spiro atoms. The van der Waals surface area contributed by atoms with Gasteiger partial charge in [0.25, 0.3) is 0 Å². The van der Waals surface area contributed by atoms with E-state index in [-0.39, 0.29) is 16.8 Å². The predicted octanol–water partition coefficient (Wildman–Crippen LogP) is 1.83. The first-order valence-electron chi connectivity index (χ1n) is 6.55. The number of nitrogens with zero attached hydrogens (tertiary/aromatic N) is 3. The summed E-state index contributed by atoms with van der Waals surface area (Å²) in [6.45, 7) is 7.75. The molecule has 0 aliphatic heterocycles. The number of aromatic nitrogens is 4. The highest BCUT2D eigenvalue weighted by Crippen LogP contribution is 2.21. The monoisotopic (exact) mass is 308 g/mol. The molecular formula is C14H20N4O4. The van der Waals surface area contributed by atoms with Crippen LogP contribution < -0.4 is 0 Å². The summed E-state index contributed by atoms with van der Waals surface area (Å²) >= 11 is 0. The van der Waals surface area contributed by atoms with Gasteiger partial charge in [-0.2, -0.15) is 10.2 Å². The number of carboxylic acids is 2. The van der Waals surface area contributed by atoms with E-state index in [9.17, 15) is 9.59 Å². The van der Waals surface area contributed by atoms with E-state index in [2.05, 4.69) is 15.3 Å². The summed E-state index contributed by atoms with van der Waals surface area (Å²) in [6.07, 6.45) is 0. The van der Waals surface area contributed by atoms with Crippen molar-refractivity contribution in [3.05, 3.63) is 34.9 Å². The average Bonchev–Trinajstić information content (AvgIpc) is 2.95. The molecule has 0 saturated carbocycles. The van der Waals surface area contributed by atoms with Gasteiger partial charge in [-0.1, -0.05) is 20.8 Å². The van der Waals surface area contributed by atoms with Gasteiger partial charge in [-0.3, -0.25) is 9.78 Å². The predicted molar refractivity (Wildman–Crippen MR) is 79.2 cm³/mol. The number of H-pyrrole nitrogens is 1. The molecule has 0 atom stereocenters. The van der Waals surface area contributed by atoms with Crippen molar-refractivity contribution < 1.29 is 19.8 Å². The summed E-state index contributed by atoms with van der Waals surface area (Å²) in [7, 11) is 1.64. The quantitative estimate of drug-likeness (QED) is 0.778. The second kappa shape index (κ2) is 6.42. The number of rotatable bonds is 2. The summed E-state index contributed by atoms with van der Waals surface area (Å²) in [5.41, 5.74) is 1.74. The highest BCUT2D eigenvalue weighted by atomic mass is 16.4. The third-order valence-corrected chi connectivity index (χ3v) is 2.79. The lowest BCUT2D eigenvalue weighted by Gasteiger charge is -2.13. The van der Waals surface area contributed by atoms with E-state index in [1.807, 2.05) is 20.8 Å². The van der Waals surface area contributed by atoms with Crippen LogP contribution in [0.4, 0.5) is 0 Å². The van der Waals surface area contributed by atoms with Gasteiger partial charge >= 0.3 is 11.9 Å². The Kier molecular flexibility index (Phi) is 5.08. The van der Waals surface area contributed by atoms with Crippen LogP contribution in [0.25, 0.3) is 0 Å². The third-order valence-electron chi connectivity index (χ3n) is 2.79. The molecule has 22 heavy (non-hydrogen) atoms. The van der Waals surface area contributed by atoms with Gasteiger partial charge in [-0.05, 0) is 19.1 Å². The highest BCUT2D eigenvalue weighted by molar-refractivity contribution is 5.86. The van der Waals surface area contributed by atoms with E-state index < -0.39 is 11.9 Å². The van der Waals surface area contributed by atoms with E-state index in [1.165, 1.54) is 10.7 Å². The Balaban J connectivity index is 0.000000235. The summed E-state index contributed by atoms with van der Waals surface area (Å²) in [5, 5.41) is 27.2. The van der Waals surface area contributed by atoms with Gasteiger partial charge in [-0.25, -0.2) is 9.59 Å². The zero-order chi connectivity index (χ0) is 17.1. The Morgan fingerprint density at radius 1 is 1.18 bits per heavy atom. The van der Waals surface area contributed by atoms with Crippen LogP contribution in [0.15, 0.2) is 12.1 Å². The topological polar surface area (TPSA) is 121 Å². The van der Waals surface area contributed by atoms with Gasteiger partial charge in [0, 0.05) is 18.2 Å². The zero-order valence-electron chi connectivity index (χ0n) is 13.2. The van der Waals surface area contributed by atoms with Gasteiger partial charge in [0.05, 0.1) is 5.69 Å². The minimum atomic E-state index is -1.00. The Hall–Kier alpha value is -2.64. The van der Waals surface area contributed by atoms with Gasteiger partial charge in [-0.15, -0.1) is 0 Å². The van der Waals surface area contributed by atoms with Gasteiger partial charge in [0.15, 0.2) is 5.69 Å². The standard InChI is InChI=1S/C9H14N2O2.C5H6N2O2/c1-9(2,3)7-5-6(8(12)13)11(4)10-7;1-3-2-4(5(8)9)7-6-3/h5H,1-4H3,(H,12,13);2H,1H3,(H,6,7)(H,8,9). The molecule has 120 valence electrons. The summed E-state index contributed by atoms with van der Waals surface area (Å²) in [5.74, 6) is -1.94. The lowest BCUT2D eigenvalue weighted by molar-refractivity contribution is 0.0676. The molecular weight excluding hydrogens is 288 g/mol. The molecule has 2 rings (SSSR count). The van der Waals surface area contributed by atoms with E-state index in [4.69, 9.17) is 10.2 Å². The van der Waals surface area contributed by atoms with E-state index in [0.29, 0.717) is 0 Å². The number of hydrogen-bond donors (Lipinski definition) is 3. The Bertz CT molecular complexity index is 679. The first-order valence-corrected chi connectivity index (χ1v) is 6.55. The number of nitrogens with one attached hydrogen (secondary N) is 1. The van der Waals surface area contributed by atoms with Crippen molar-refractivity contribution in [1.82, 2.24) is 20.0 Å². The van der Waals surface area contributed by atoms with Crippen LogP contribution in [0.5, 0.6) is 0 Å². The number of aromatic carboxylic acids is 2. The minimum Gasteiger partial charge on any atom is -0.477 e. The maximum atomic E-state index is 10.7. The van der Waals surface area contributed by atoms with Crippen molar-refractivity contribution in [2.24, 2.45) is 7.05 Å². The maximum Gasteiger partial charge on any atom is 0.356 e. The first kappa shape index (κ1) is 17.4. The summed E-state index contributed by atoms with van der Waals surface area (Å²) in [6, 6.07) is 3.09. The van der Waals surface area contributed by atoms with Crippen LogP contribution in [0, 0.1) is 6.92 Å². The van der Waals surface area contributed by atoms with Crippen molar-refractivity contribution in [2.75, 3.05) is 0 Å². The molecule has 0 aliphatic rings. The lowest BCUT2D eigenvalue weighted by atomic mass is 9.92. The summed E-state index contributed by atoms with van der Waals surface area (Å²) in [4.78, 5) is 20.8. The average molecular weight is 308 g/mol. The molecule has 2 aromatic heterocycles. The fourth-order valence-corrected chi connectivity index (χ4v) is 1.56. The zero-order valence-corrected chi connectivity index (χ0v) is 13.2.